The number of hydrogen-bond donors (Lipinski definition) is 3. The number of allylic oxidation sites excluding steroid dienone is 16. The van der Waals surface area contributed by atoms with Crippen molar-refractivity contribution in [2.24, 2.45) is 0 Å². The Bertz CT molecular complexity index is 2200. The van der Waals surface area contributed by atoms with Crippen LogP contribution in [0.1, 0.15) is 310 Å². The van der Waals surface area contributed by atoms with Crippen LogP contribution in [-0.4, -0.2) is 96.7 Å². The zero-order valence-corrected chi connectivity index (χ0v) is 62.1. The molecular formula is C77H134O17P2. The van der Waals surface area contributed by atoms with E-state index in [0.717, 1.165) is 148 Å². The highest BCUT2D eigenvalue weighted by Crippen LogP contribution is 2.45. The third-order valence-electron chi connectivity index (χ3n) is 15.6. The minimum absolute atomic E-state index is 0.0676. The Morgan fingerprint density at radius 3 is 0.844 bits per heavy atom. The molecule has 0 bridgehead atoms. The van der Waals surface area contributed by atoms with Crippen molar-refractivity contribution in [3.8, 4) is 0 Å². The topological polar surface area (TPSA) is 237 Å². The molecule has 96 heavy (non-hydrogen) atoms. The lowest BCUT2D eigenvalue weighted by Crippen LogP contribution is -2.30. The van der Waals surface area contributed by atoms with Gasteiger partial charge in [0.2, 0.25) is 0 Å². The van der Waals surface area contributed by atoms with Crippen LogP contribution in [0.4, 0.5) is 0 Å². The fourth-order valence-electron chi connectivity index (χ4n) is 9.91. The molecule has 0 aliphatic rings. The van der Waals surface area contributed by atoms with Crippen LogP contribution < -0.4 is 0 Å². The van der Waals surface area contributed by atoms with E-state index in [1.165, 1.54) is 83.5 Å². The van der Waals surface area contributed by atoms with Gasteiger partial charge in [0.15, 0.2) is 12.2 Å². The molecule has 5 unspecified atom stereocenters. The second-order valence-corrected chi connectivity index (χ2v) is 27.7. The molecular weight excluding hydrogens is 1260 g/mol. The fraction of sp³-hybridized carbons (Fsp3) is 0.740. The van der Waals surface area contributed by atoms with Gasteiger partial charge >= 0.3 is 39.5 Å². The molecule has 0 radical (unpaired) electrons. The van der Waals surface area contributed by atoms with Crippen LogP contribution in [0.25, 0.3) is 0 Å². The number of esters is 4. The van der Waals surface area contributed by atoms with Gasteiger partial charge in [-0.2, -0.15) is 0 Å². The van der Waals surface area contributed by atoms with E-state index in [2.05, 4.69) is 125 Å². The van der Waals surface area contributed by atoms with Gasteiger partial charge in [0.05, 0.1) is 26.4 Å². The number of aliphatic hydroxyl groups is 1. The number of hydrogen-bond acceptors (Lipinski definition) is 15. The van der Waals surface area contributed by atoms with E-state index in [1.807, 2.05) is 0 Å². The molecule has 17 nitrogen and oxygen atoms in total. The highest BCUT2D eigenvalue weighted by Gasteiger charge is 2.30. The number of carbonyl (C=O) groups excluding carboxylic acids is 4. The molecule has 0 aliphatic heterocycles. The number of rotatable bonds is 70. The monoisotopic (exact) mass is 1390 g/mol. The Balaban J connectivity index is 5.35. The van der Waals surface area contributed by atoms with Crippen LogP contribution in [0.5, 0.6) is 0 Å². The summed E-state index contributed by atoms with van der Waals surface area (Å²) in [7, 11) is -9.95. The SMILES string of the molecule is CC/C=C\C/C=C\C/C=C\C/C=C\C/C=C\CCCCCC(=O)OCC(COP(=O)(O)OCC(O)COP(=O)(O)OCC(COC(=O)CCCCCCCCCCCCC)OC(=O)CCCCCCCCCCCCC)OC(=O)CCCCCCC/C=C\C/C=C\C/C=C\CC. The van der Waals surface area contributed by atoms with Crippen molar-refractivity contribution in [2.75, 3.05) is 39.6 Å². The number of phosphoric acid groups is 2. The van der Waals surface area contributed by atoms with Crippen LogP contribution in [0.3, 0.4) is 0 Å². The van der Waals surface area contributed by atoms with E-state index in [0.29, 0.717) is 25.7 Å². The molecule has 0 heterocycles. The summed E-state index contributed by atoms with van der Waals surface area (Å²) in [6.45, 7) is 4.59. The van der Waals surface area contributed by atoms with Gasteiger partial charge in [-0.15, -0.1) is 0 Å². The van der Waals surface area contributed by atoms with Crippen molar-refractivity contribution in [3.63, 3.8) is 0 Å². The number of ether oxygens (including phenoxy) is 4. The number of aliphatic hydroxyl groups excluding tert-OH is 1. The van der Waals surface area contributed by atoms with Crippen molar-refractivity contribution < 1.29 is 80.2 Å². The summed E-state index contributed by atoms with van der Waals surface area (Å²) in [6, 6.07) is 0. The molecule has 0 saturated heterocycles. The zero-order valence-electron chi connectivity index (χ0n) is 60.3. The second kappa shape index (κ2) is 69.5. The van der Waals surface area contributed by atoms with Gasteiger partial charge in [0.25, 0.3) is 0 Å². The van der Waals surface area contributed by atoms with Crippen LogP contribution >= 0.6 is 15.6 Å². The van der Waals surface area contributed by atoms with Crippen molar-refractivity contribution in [1.29, 1.82) is 0 Å². The first-order chi connectivity index (χ1) is 46.7. The van der Waals surface area contributed by atoms with E-state index in [4.69, 9.17) is 37.0 Å². The Hall–Kier alpha value is -4.02. The lowest BCUT2D eigenvalue weighted by atomic mass is 10.1. The van der Waals surface area contributed by atoms with Crippen molar-refractivity contribution >= 4 is 39.5 Å². The lowest BCUT2D eigenvalue weighted by Gasteiger charge is -2.21. The summed E-state index contributed by atoms with van der Waals surface area (Å²) in [6.07, 6.45) is 71.2. The first-order valence-electron chi connectivity index (χ1n) is 37.5. The Labute approximate surface area is 582 Å². The minimum Gasteiger partial charge on any atom is -0.462 e. The maximum absolute atomic E-state index is 13.1. The molecule has 0 rings (SSSR count). The summed E-state index contributed by atoms with van der Waals surface area (Å²) in [5.41, 5.74) is 0. The van der Waals surface area contributed by atoms with Gasteiger partial charge < -0.3 is 33.8 Å². The van der Waals surface area contributed by atoms with Crippen molar-refractivity contribution in [1.82, 2.24) is 0 Å². The lowest BCUT2D eigenvalue weighted by molar-refractivity contribution is -0.161. The van der Waals surface area contributed by atoms with E-state index in [9.17, 15) is 43.2 Å². The maximum atomic E-state index is 13.1. The molecule has 5 atom stereocenters. The van der Waals surface area contributed by atoms with Gasteiger partial charge in [0, 0.05) is 25.7 Å². The molecule has 0 aromatic heterocycles. The summed E-state index contributed by atoms with van der Waals surface area (Å²) < 4.78 is 68.3. The van der Waals surface area contributed by atoms with Crippen LogP contribution in [0.2, 0.25) is 0 Å². The quantitative estimate of drug-likeness (QED) is 0.0169. The highest BCUT2D eigenvalue weighted by atomic mass is 31.2. The van der Waals surface area contributed by atoms with E-state index in [-0.39, 0.29) is 25.7 Å². The summed E-state index contributed by atoms with van der Waals surface area (Å²) in [4.78, 5) is 72.7. The normalized spacial score (nSPS) is 14.5. The van der Waals surface area contributed by atoms with E-state index >= 15 is 0 Å². The summed E-state index contributed by atoms with van der Waals surface area (Å²) >= 11 is 0. The smallest absolute Gasteiger partial charge is 0.462 e. The largest absolute Gasteiger partial charge is 0.472 e. The summed E-state index contributed by atoms with van der Waals surface area (Å²) in [5, 5.41) is 10.6. The third-order valence-corrected chi connectivity index (χ3v) is 17.5. The molecule has 0 aromatic carbocycles. The van der Waals surface area contributed by atoms with Crippen LogP contribution in [-0.2, 0) is 65.4 Å². The summed E-state index contributed by atoms with van der Waals surface area (Å²) in [5.74, 6) is -2.22. The second-order valence-electron chi connectivity index (χ2n) is 24.8. The van der Waals surface area contributed by atoms with Crippen LogP contribution in [0, 0.1) is 0 Å². The molecule has 0 spiro atoms. The molecule has 0 aliphatic carbocycles. The Morgan fingerprint density at radius 2 is 0.542 bits per heavy atom. The average molecular weight is 1390 g/mol. The molecule has 0 fully saturated rings. The van der Waals surface area contributed by atoms with Gasteiger partial charge in [-0.05, 0) is 103 Å². The van der Waals surface area contributed by atoms with Crippen molar-refractivity contribution in [2.45, 2.75) is 329 Å². The van der Waals surface area contributed by atoms with Gasteiger partial charge in [-0.1, -0.05) is 279 Å². The van der Waals surface area contributed by atoms with Gasteiger partial charge in [0.1, 0.15) is 19.3 Å². The number of phosphoric ester groups is 2. The average Bonchev–Trinajstić information content (AvgIpc) is 1.41. The first kappa shape index (κ1) is 92.0. The van der Waals surface area contributed by atoms with Crippen LogP contribution in [0.15, 0.2) is 97.2 Å². The molecule has 0 saturated carbocycles. The van der Waals surface area contributed by atoms with Gasteiger partial charge in [-0.25, -0.2) is 9.13 Å². The molecule has 19 heteroatoms. The zero-order chi connectivity index (χ0) is 70.4. The predicted molar refractivity (Wildman–Crippen MR) is 390 cm³/mol. The molecule has 0 aromatic rings. The Morgan fingerprint density at radius 1 is 0.302 bits per heavy atom. The third kappa shape index (κ3) is 68.5. The number of carbonyl (C=O) groups is 4. The molecule has 554 valence electrons. The highest BCUT2D eigenvalue weighted by molar-refractivity contribution is 7.47. The number of unbranched alkanes of at least 4 members (excludes halogenated alkanes) is 28. The Kier molecular flexibility index (Phi) is 66.6. The van der Waals surface area contributed by atoms with E-state index in [1.54, 1.807) is 0 Å². The minimum atomic E-state index is -4.98. The van der Waals surface area contributed by atoms with Crippen molar-refractivity contribution in [3.05, 3.63) is 97.2 Å². The first-order valence-corrected chi connectivity index (χ1v) is 40.5. The fourth-order valence-corrected chi connectivity index (χ4v) is 11.5. The van der Waals surface area contributed by atoms with E-state index < -0.39 is 97.5 Å². The predicted octanol–water partition coefficient (Wildman–Crippen LogP) is 21.2. The van der Waals surface area contributed by atoms with Gasteiger partial charge in [-0.3, -0.25) is 37.3 Å². The maximum Gasteiger partial charge on any atom is 0.472 e. The molecule has 0 amide bonds. The molecule has 3 N–H and O–H groups in total. The standard InChI is InChI=1S/C77H134O17P2/c1-5-9-13-17-21-25-29-31-33-34-35-36-38-39-43-46-50-54-58-62-75(80)88-68-73(94-77(82)64-60-56-52-48-44-40-37-32-30-26-22-18-14-10-6-2)70-92-96(85,86)90-66-71(78)65-89-95(83,84)91-69-72(93-76(81)63-59-55-51-47-42-28-24-20-16-12-8-4)67-87-74(79)61-57-53-49-45-41-27-23-19-15-11-7-3/h9-10,13-14,21-22,25-26,31-33,35-37,39,43,71-73,78H,5-8,11-12,15-20,23-24,27-30,34,38,40-42,44-70H2,1-4H3,(H,83,84)(H,85,86)/b13-9-,14-10-,25-21-,26-22-,33-31-,36-35-,37-32-,43-39-.